The fourth-order valence-corrected chi connectivity index (χ4v) is 1.95. The van der Waals surface area contributed by atoms with Gasteiger partial charge in [0.1, 0.15) is 17.2 Å². The summed E-state index contributed by atoms with van der Waals surface area (Å²) in [5, 5.41) is 12.4. The van der Waals surface area contributed by atoms with Crippen molar-refractivity contribution in [3.63, 3.8) is 0 Å². The summed E-state index contributed by atoms with van der Waals surface area (Å²) in [7, 11) is 1.60. The molecule has 0 saturated carbocycles. The third-order valence-electron chi connectivity index (χ3n) is 3.01. The van der Waals surface area contributed by atoms with E-state index in [2.05, 4.69) is 15.3 Å². The van der Waals surface area contributed by atoms with Gasteiger partial charge in [-0.2, -0.15) is 0 Å². The summed E-state index contributed by atoms with van der Waals surface area (Å²) >= 11 is 0. The van der Waals surface area contributed by atoms with Crippen LogP contribution < -0.4 is 14.8 Å². The van der Waals surface area contributed by atoms with E-state index in [0.717, 1.165) is 0 Å². The molecule has 0 amide bonds. The highest BCUT2D eigenvalue weighted by molar-refractivity contribution is 5.55. The fourth-order valence-electron chi connectivity index (χ4n) is 1.95. The quantitative estimate of drug-likeness (QED) is 0.748. The Morgan fingerprint density at radius 2 is 1.65 bits per heavy atom. The summed E-state index contributed by atoms with van der Waals surface area (Å²) in [6.45, 7) is 0. The van der Waals surface area contributed by atoms with Gasteiger partial charge in [-0.05, 0) is 24.3 Å². The van der Waals surface area contributed by atoms with Crippen LogP contribution in [-0.4, -0.2) is 22.2 Å². The highest BCUT2D eigenvalue weighted by atomic mass is 16.5. The Bertz CT molecular complexity index is 791. The second-order valence-corrected chi connectivity index (χ2v) is 4.70. The maximum atomic E-state index is 9.43. The van der Waals surface area contributed by atoms with E-state index in [1.807, 2.05) is 24.3 Å². The average molecular weight is 309 g/mol. The van der Waals surface area contributed by atoms with Gasteiger partial charge in [0.25, 0.3) is 0 Å². The molecule has 0 bridgehead atoms. The maximum absolute atomic E-state index is 9.43. The van der Waals surface area contributed by atoms with Gasteiger partial charge in [0.05, 0.1) is 19.5 Å². The highest BCUT2D eigenvalue weighted by Crippen LogP contribution is 2.25. The van der Waals surface area contributed by atoms with Crippen LogP contribution in [0, 0.1) is 0 Å². The van der Waals surface area contributed by atoms with Gasteiger partial charge < -0.3 is 19.9 Å². The molecule has 0 radical (unpaired) electrons. The predicted molar refractivity (Wildman–Crippen MR) is 86.5 cm³/mol. The van der Waals surface area contributed by atoms with Gasteiger partial charge in [-0.15, -0.1) is 0 Å². The second-order valence-electron chi connectivity index (χ2n) is 4.70. The molecule has 2 N–H and O–H groups in total. The summed E-state index contributed by atoms with van der Waals surface area (Å²) in [4.78, 5) is 8.36. The number of hydrogen-bond acceptors (Lipinski definition) is 6. The van der Waals surface area contributed by atoms with Crippen molar-refractivity contribution in [1.29, 1.82) is 0 Å². The number of aromatic nitrogens is 2. The number of benzene rings is 2. The van der Waals surface area contributed by atoms with E-state index in [0.29, 0.717) is 28.9 Å². The number of nitrogens with zero attached hydrogens (tertiary/aromatic N) is 2. The van der Waals surface area contributed by atoms with Gasteiger partial charge in [-0.3, -0.25) is 0 Å². The standard InChI is InChI=1S/C17H15N3O3/c1-22-14-6-3-7-15(9-14)23-16-10-18-17(19-11-16)20-12-4-2-5-13(21)8-12/h2-11,21H,1H3,(H,18,19,20). The van der Waals surface area contributed by atoms with Gasteiger partial charge in [-0.1, -0.05) is 12.1 Å². The summed E-state index contributed by atoms with van der Waals surface area (Å²) in [6, 6.07) is 14.0. The van der Waals surface area contributed by atoms with E-state index in [1.54, 1.807) is 43.8 Å². The topological polar surface area (TPSA) is 76.5 Å². The highest BCUT2D eigenvalue weighted by Gasteiger charge is 2.03. The van der Waals surface area contributed by atoms with Crippen LogP contribution in [-0.2, 0) is 0 Å². The molecule has 1 aromatic heterocycles. The zero-order valence-electron chi connectivity index (χ0n) is 12.4. The van der Waals surface area contributed by atoms with Crippen LogP contribution in [0.3, 0.4) is 0 Å². The summed E-state index contributed by atoms with van der Waals surface area (Å²) in [5.41, 5.74) is 0.700. The van der Waals surface area contributed by atoms with Crippen LogP contribution in [0.2, 0.25) is 0 Å². The number of phenolic OH excluding ortho intramolecular Hbond substituents is 1. The third kappa shape index (κ3) is 3.88. The summed E-state index contributed by atoms with van der Waals surface area (Å²) < 4.78 is 10.8. The molecule has 6 heteroatoms. The lowest BCUT2D eigenvalue weighted by molar-refractivity contribution is 0.408. The Morgan fingerprint density at radius 3 is 2.39 bits per heavy atom. The van der Waals surface area contributed by atoms with Crippen LogP contribution in [0.1, 0.15) is 0 Å². The van der Waals surface area contributed by atoms with Crippen molar-refractivity contribution in [2.45, 2.75) is 0 Å². The fraction of sp³-hybridized carbons (Fsp3) is 0.0588. The molecular formula is C17H15N3O3. The van der Waals surface area contributed by atoms with Crippen molar-refractivity contribution in [3.8, 4) is 23.0 Å². The van der Waals surface area contributed by atoms with Crippen molar-refractivity contribution in [2.75, 3.05) is 12.4 Å². The molecule has 0 aliphatic rings. The molecule has 0 atom stereocenters. The molecule has 116 valence electrons. The first-order valence-electron chi connectivity index (χ1n) is 6.93. The first kappa shape index (κ1) is 14.6. The number of phenols is 1. The Hall–Kier alpha value is -3.28. The first-order valence-corrected chi connectivity index (χ1v) is 6.93. The number of anilines is 2. The van der Waals surface area contributed by atoms with E-state index in [9.17, 15) is 5.11 Å². The van der Waals surface area contributed by atoms with Gasteiger partial charge in [0.2, 0.25) is 5.95 Å². The molecule has 3 aromatic rings. The third-order valence-corrected chi connectivity index (χ3v) is 3.01. The van der Waals surface area contributed by atoms with E-state index < -0.39 is 0 Å². The molecule has 23 heavy (non-hydrogen) atoms. The molecule has 0 saturated heterocycles. The Balaban J connectivity index is 1.69. The Kier molecular flexibility index (Phi) is 4.24. The molecule has 0 spiro atoms. The van der Waals surface area contributed by atoms with Gasteiger partial charge >= 0.3 is 0 Å². The summed E-state index contributed by atoms with van der Waals surface area (Å²) in [5.74, 6) is 2.45. The van der Waals surface area contributed by atoms with Gasteiger partial charge in [0.15, 0.2) is 5.75 Å². The number of nitrogens with one attached hydrogen (secondary N) is 1. The van der Waals surface area contributed by atoms with E-state index in [1.165, 1.54) is 0 Å². The zero-order chi connectivity index (χ0) is 16.1. The van der Waals surface area contributed by atoms with Crippen LogP contribution in [0.4, 0.5) is 11.6 Å². The Labute approximate surface area is 133 Å². The predicted octanol–water partition coefficient (Wildman–Crippen LogP) is 3.73. The minimum atomic E-state index is 0.174. The largest absolute Gasteiger partial charge is 0.508 e. The smallest absolute Gasteiger partial charge is 0.227 e. The second kappa shape index (κ2) is 6.65. The molecule has 0 fully saturated rings. The minimum absolute atomic E-state index is 0.174. The van der Waals surface area contributed by atoms with Gasteiger partial charge in [-0.25, -0.2) is 9.97 Å². The van der Waals surface area contributed by atoms with Crippen LogP contribution in [0.15, 0.2) is 60.9 Å². The van der Waals surface area contributed by atoms with Gasteiger partial charge in [0, 0.05) is 17.8 Å². The molecule has 2 aromatic carbocycles. The van der Waals surface area contributed by atoms with Crippen molar-refractivity contribution >= 4 is 11.6 Å². The molecule has 0 unspecified atom stereocenters. The van der Waals surface area contributed by atoms with Crippen molar-refractivity contribution in [3.05, 3.63) is 60.9 Å². The lowest BCUT2D eigenvalue weighted by Gasteiger charge is -2.08. The molecule has 3 rings (SSSR count). The average Bonchev–Trinajstić information content (AvgIpc) is 2.57. The summed E-state index contributed by atoms with van der Waals surface area (Å²) in [6.07, 6.45) is 3.13. The van der Waals surface area contributed by atoms with Crippen molar-refractivity contribution < 1.29 is 14.6 Å². The number of hydrogen-bond donors (Lipinski definition) is 2. The number of ether oxygens (including phenoxy) is 2. The van der Waals surface area contributed by atoms with Crippen LogP contribution in [0.5, 0.6) is 23.0 Å². The zero-order valence-corrected chi connectivity index (χ0v) is 12.4. The molecule has 0 aliphatic heterocycles. The number of aromatic hydroxyl groups is 1. The molecular weight excluding hydrogens is 294 g/mol. The van der Waals surface area contributed by atoms with Crippen molar-refractivity contribution in [2.24, 2.45) is 0 Å². The minimum Gasteiger partial charge on any atom is -0.508 e. The van der Waals surface area contributed by atoms with Crippen LogP contribution in [0.25, 0.3) is 0 Å². The lowest BCUT2D eigenvalue weighted by atomic mass is 10.3. The molecule has 6 nitrogen and oxygen atoms in total. The van der Waals surface area contributed by atoms with E-state index in [4.69, 9.17) is 9.47 Å². The SMILES string of the molecule is COc1cccc(Oc2cnc(Nc3cccc(O)c3)nc2)c1. The Morgan fingerprint density at radius 1 is 0.913 bits per heavy atom. The maximum Gasteiger partial charge on any atom is 0.227 e. The molecule has 1 heterocycles. The number of rotatable bonds is 5. The normalized spacial score (nSPS) is 10.1. The lowest BCUT2D eigenvalue weighted by Crippen LogP contribution is -1.97. The van der Waals surface area contributed by atoms with Crippen LogP contribution >= 0.6 is 0 Å². The molecule has 0 aliphatic carbocycles. The van der Waals surface area contributed by atoms with E-state index in [-0.39, 0.29) is 5.75 Å². The first-order chi connectivity index (χ1) is 11.2. The monoisotopic (exact) mass is 309 g/mol. The van der Waals surface area contributed by atoms with Crippen molar-refractivity contribution in [1.82, 2.24) is 9.97 Å². The number of methoxy groups -OCH3 is 1. The van der Waals surface area contributed by atoms with E-state index >= 15 is 0 Å².